The average molecular weight is 395 g/mol. The van der Waals surface area contributed by atoms with Crippen LogP contribution in [-0.4, -0.2) is 6.54 Å². The lowest BCUT2D eigenvalue weighted by Gasteiger charge is -2.16. The molecule has 2 N–H and O–H groups in total. The summed E-state index contributed by atoms with van der Waals surface area (Å²) < 4.78 is 21.0. The van der Waals surface area contributed by atoms with Gasteiger partial charge in [-0.15, -0.1) is 11.3 Å². The minimum atomic E-state index is -0.396. The molecule has 2 aromatic rings. The first-order valence-corrected chi connectivity index (χ1v) is 7.62. The molecule has 0 saturated heterocycles. The fraction of sp³-hybridized carbons (Fsp3) is 0.167. The van der Waals surface area contributed by atoms with Crippen molar-refractivity contribution in [3.8, 4) is 5.75 Å². The van der Waals surface area contributed by atoms with Crippen molar-refractivity contribution in [2.24, 2.45) is 5.73 Å². The van der Waals surface area contributed by atoms with Gasteiger partial charge in [0.25, 0.3) is 0 Å². The van der Waals surface area contributed by atoms with E-state index < -0.39 is 5.82 Å². The maximum Gasteiger partial charge on any atom is 0.165 e. The minimum absolute atomic E-state index is 0.198. The van der Waals surface area contributed by atoms with Gasteiger partial charge in [0.2, 0.25) is 0 Å². The highest BCUT2D eigenvalue weighted by Crippen LogP contribution is 2.31. The number of halogens is 3. The maximum atomic E-state index is 13.6. The van der Waals surface area contributed by atoms with Crippen LogP contribution in [0, 0.1) is 5.82 Å². The molecular formula is C12H10Br2FNOS. The van der Waals surface area contributed by atoms with Crippen LogP contribution in [0.3, 0.4) is 0 Å². The lowest BCUT2D eigenvalue weighted by Crippen LogP contribution is -2.17. The second-order valence-corrected chi connectivity index (χ2v) is 6.36. The molecule has 2 rings (SSSR count). The molecule has 1 heterocycles. The SMILES string of the molecule is NCC(Oc1cc(Br)ccc1F)c1cc(Br)cs1. The number of nitrogens with two attached hydrogens (primary N) is 1. The highest BCUT2D eigenvalue weighted by atomic mass is 79.9. The van der Waals surface area contributed by atoms with Gasteiger partial charge in [-0.1, -0.05) is 15.9 Å². The summed E-state index contributed by atoms with van der Waals surface area (Å²) in [5.74, 6) is -0.198. The molecule has 2 nitrogen and oxygen atoms in total. The first kappa shape index (κ1) is 14.0. The Labute approximate surface area is 125 Å². The lowest BCUT2D eigenvalue weighted by molar-refractivity contribution is 0.208. The van der Waals surface area contributed by atoms with E-state index in [1.54, 1.807) is 12.1 Å². The summed E-state index contributed by atoms with van der Waals surface area (Å²) in [5, 5.41) is 1.94. The van der Waals surface area contributed by atoms with E-state index in [1.807, 2.05) is 11.4 Å². The molecule has 1 atom stereocenters. The Balaban J connectivity index is 2.22. The third-order valence-electron chi connectivity index (χ3n) is 2.28. The van der Waals surface area contributed by atoms with E-state index in [4.69, 9.17) is 10.5 Å². The Bertz CT molecular complexity index is 547. The van der Waals surface area contributed by atoms with Crippen LogP contribution in [0.5, 0.6) is 5.75 Å². The number of hydrogen-bond donors (Lipinski definition) is 1. The summed E-state index contributed by atoms with van der Waals surface area (Å²) in [7, 11) is 0. The highest BCUT2D eigenvalue weighted by molar-refractivity contribution is 9.10. The number of ether oxygens (including phenoxy) is 1. The van der Waals surface area contributed by atoms with Gasteiger partial charge in [-0.3, -0.25) is 0 Å². The molecule has 18 heavy (non-hydrogen) atoms. The molecule has 0 aliphatic carbocycles. The molecule has 0 saturated carbocycles. The Morgan fingerprint density at radius 2 is 2.06 bits per heavy atom. The van der Waals surface area contributed by atoms with E-state index in [2.05, 4.69) is 31.9 Å². The van der Waals surface area contributed by atoms with Crippen LogP contribution in [0.2, 0.25) is 0 Å². The van der Waals surface area contributed by atoms with Crippen LogP contribution in [0.4, 0.5) is 4.39 Å². The number of benzene rings is 1. The number of rotatable bonds is 4. The molecule has 0 bridgehead atoms. The third kappa shape index (κ3) is 3.32. The molecule has 0 aliphatic rings. The average Bonchev–Trinajstić information content (AvgIpc) is 2.77. The Morgan fingerprint density at radius 3 is 2.67 bits per heavy atom. The second-order valence-electron chi connectivity index (χ2n) is 3.58. The Kier molecular flexibility index (Phi) is 4.77. The van der Waals surface area contributed by atoms with Gasteiger partial charge in [-0.05, 0) is 40.2 Å². The van der Waals surface area contributed by atoms with Crippen LogP contribution < -0.4 is 10.5 Å². The monoisotopic (exact) mass is 393 g/mol. The van der Waals surface area contributed by atoms with Crippen molar-refractivity contribution >= 4 is 43.2 Å². The van der Waals surface area contributed by atoms with Gasteiger partial charge in [0.05, 0.1) is 0 Å². The van der Waals surface area contributed by atoms with E-state index in [1.165, 1.54) is 17.4 Å². The van der Waals surface area contributed by atoms with Crippen molar-refractivity contribution in [3.05, 3.63) is 49.3 Å². The fourth-order valence-electron chi connectivity index (χ4n) is 1.44. The van der Waals surface area contributed by atoms with Gasteiger partial charge in [-0.25, -0.2) is 4.39 Å². The topological polar surface area (TPSA) is 35.2 Å². The molecule has 1 aromatic carbocycles. The summed E-state index contributed by atoms with van der Waals surface area (Å²) in [6.45, 7) is 0.291. The largest absolute Gasteiger partial charge is 0.480 e. The molecule has 0 radical (unpaired) electrons. The van der Waals surface area contributed by atoms with Crippen molar-refractivity contribution in [1.82, 2.24) is 0 Å². The molecule has 1 aromatic heterocycles. The normalized spacial score (nSPS) is 12.4. The van der Waals surface area contributed by atoms with Crippen molar-refractivity contribution in [2.75, 3.05) is 6.54 Å². The summed E-state index contributed by atoms with van der Waals surface area (Å²) >= 11 is 8.18. The molecule has 0 aliphatic heterocycles. The molecule has 0 fully saturated rings. The molecule has 96 valence electrons. The van der Waals surface area contributed by atoms with Gasteiger partial charge < -0.3 is 10.5 Å². The van der Waals surface area contributed by atoms with Crippen molar-refractivity contribution in [3.63, 3.8) is 0 Å². The van der Waals surface area contributed by atoms with E-state index in [0.29, 0.717) is 6.54 Å². The first-order valence-electron chi connectivity index (χ1n) is 5.16. The van der Waals surface area contributed by atoms with E-state index in [9.17, 15) is 4.39 Å². The molecular weight excluding hydrogens is 385 g/mol. The van der Waals surface area contributed by atoms with E-state index in [-0.39, 0.29) is 11.9 Å². The van der Waals surface area contributed by atoms with Crippen LogP contribution in [0.25, 0.3) is 0 Å². The standard InChI is InChI=1S/C12H10Br2FNOS/c13-7-1-2-9(15)10(3-7)17-11(5-16)12-4-8(14)6-18-12/h1-4,6,11H,5,16H2. The summed E-state index contributed by atoms with van der Waals surface area (Å²) in [6.07, 6.45) is -0.342. The molecule has 0 amide bonds. The Morgan fingerprint density at radius 1 is 1.28 bits per heavy atom. The van der Waals surface area contributed by atoms with Crippen LogP contribution in [-0.2, 0) is 0 Å². The quantitative estimate of drug-likeness (QED) is 0.828. The fourth-order valence-corrected chi connectivity index (χ4v) is 3.27. The zero-order valence-electron chi connectivity index (χ0n) is 9.20. The van der Waals surface area contributed by atoms with E-state index in [0.717, 1.165) is 13.8 Å². The van der Waals surface area contributed by atoms with Crippen molar-refractivity contribution < 1.29 is 9.13 Å². The smallest absolute Gasteiger partial charge is 0.165 e. The third-order valence-corrected chi connectivity index (χ3v) is 4.56. The maximum absolute atomic E-state index is 13.6. The van der Waals surface area contributed by atoms with Crippen LogP contribution in [0.1, 0.15) is 11.0 Å². The summed E-state index contributed by atoms with van der Waals surface area (Å²) in [5.41, 5.74) is 5.68. The molecule has 6 heteroatoms. The van der Waals surface area contributed by atoms with E-state index >= 15 is 0 Å². The molecule has 0 spiro atoms. The zero-order valence-corrected chi connectivity index (χ0v) is 13.2. The van der Waals surface area contributed by atoms with Gasteiger partial charge >= 0.3 is 0 Å². The number of thiophene rings is 1. The Hall–Kier alpha value is -0.430. The molecule has 1 unspecified atom stereocenters. The van der Waals surface area contributed by atoms with Gasteiger partial charge in [-0.2, -0.15) is 0 Å². The number of hydrogen-bond acceptors (Lipinski definition) is 3. The lowest BCUT2D eigenvalue weighted by atomic mass is 10.2. The predicted molar refractivity (Wildman–Crippen MR) is 78.5 cm³/mol. The van der Waals surface area contributed by atoms with Gasteiger partial charge in [0, 0.05) is 25.7 Å². The predicted octanol–water partition coefficient (Wildman–Crippen LogP) is 4.49. The van der Waals surface area contributed by atoms with Crippen molar-refractivity contribution in [1.29, 1.82) is 0 Å². The minimum Gasteiger partial charge on any atom is -0.480 e. The van der Waals surface area contributed by atoms with Gasteiger partial charge in [0.1, 0.15) is 6.10 Å². The van der Waals surface area contributed by atoms with Crippen molar-refractivity contribution in [2.45, 2.75) is 6.10 Å². The highest BCUT2D eigenvalue weighted by Gasteiger charge is 2.16. The van der Waals surface area contributed by atoms with Crippen LogP contribution >= 0.6 is 43.2 Å². The van der Waals surface area contributed by atoms with Crippen LogP contribution in [0.15, 0.2) is 38.6 Å². The van der Waals surface area contributed by atoms with Gasteiger partial charge in [0.15, 0.2) is 11.6 Å². The summed E-state index contributed by atoms with van der Waals surface area (Å²) in [6, 6.07) is 6.51. The first-order chi connectivity index (χ1) is 8.60. The second kappa shape index (κ2) is 6.14. The summed E-state index contributed by atoms with van der Waals surface area (Å²) in [4.78, 5) is 0.962. The zero-order chi connectivity index (χ0) is 13.1.